The average molecular weight is 401 g/mol. The number of hydrogen-bond donors (Lipinski definition) is 5. The monoisotopic (exact) mass is 401 g/mol. The third-order valence-corrected chi connectivity index (χ3v) is 4.01. The molecule has 0 spiro atoms. The number of aldehydes is 1. The fraction of sp³-hybridized carbons (Fsp3) is 0.316. The number of H-pyrrole nitrogens is 1. The summed E-state index contributed by atoms with van der Waals surface area (Å²) in [5.74, 6) is -1.40. The van der Waals surface area contributed by atoms with Crippen LogP contribution in [0.15, 0.2) is 36.8 Å². The fourth-order valence-electron chi connectivity index (χ4n) is 2.58. The molecule has 29 heavy (non-hydrogen) atoms. The van der Waals surface area contributed by atoms with Crippen LogP contribution in [0.25, 0.3) is 0 Å². The van der Waals surface area contributed by atoms with E-state index in [0.717, 1.165) is 0 Å². The highest BCUT2D eigenvalue weighted by Crippen LogP contribution is 2.11. The molecule has 2 aromatic rings. The van der Waals surface area contributed by atoms with Crippen molar-refractivity contribution in [1.82, 2.24) is 25.9 Å². The molecular formula is C19H23N5O5. The Morgan fingerprint density at radius 3 is 2.48 bits per heavy atom. The Kier molecular flexibility index (Phi) is 7.89. The Balaban J connectivity index is 2.07. The number of aromatic nitrogens is 2. The molecule has 0 saturated heterocycles. The number of imidazole rings is 1. The third-order valence-electron chi connectivity index (χ3n) is 4.01. The molecule has 3 amide bonds. The molecule has 1 aromatic carbocycles. The Labute approximate surface area is 167 Å². The first-order chi connectivity index (χ1) is 13.9. The van der Waals surface area contributed by atoms with Gasteiger partial charge in [0, 0.05) is 31.7 Å². The van der Waals surface area contributed by atoms with Crippen molar-refractivity contribution < 1.29 is 24.3 Å². The first kappa shape index (κ1) is 21.6. The van der Waals surface area contributed by atoms with Gasteiger partial charge in [-0.3, -0.25) is 14.4 Å². The normalized spacial score (nSPS) is 12.4. The van der Waals surface area contributed by atoms with E-state index in [1.165, 1.54) is 25.4 Å². The van der Waals surface area contributed by atoms with Crippen LogP contribution in [0.1, 0.15) is 18.2 Å². The summed E-state index contributed by atoms with van der Waals surface area (Å²) in [6, 6.07) is 4.39. The van der Waals surface area contributed by atoms with Gasteiger partial charge in [-0.25, -0.2) is 4.98 Å². The van der Waals surface area contributed by atoms with Gasteiger partial charge >= 0.3 is 0 Å². The molecule has 0 saturated carbocycles. The van der Waals surface area contributed by atoms with Crippen LogP contribution in [-0.4, -0.2) is 57.7 Å². The highest BCUT2D eigenvalue weighted by atomic mass is 16.3. The summed E-state index contributed by atoms with van der Waals surface area (Å²) in [5, 5.41) is 16.9. The van der Waals surface area contributed by atoms with E-state index in [0.29, 0.717) is 17.5 Å². The van der Waals surface area contributed by atoms with Crippen molar-refractivity contribution >= 4 is 24.0 Å². The fourth-order valence-corrected chi connectivity index (χ4v) is 2.58. The van der Waals surface area contributed by atoms with E-state index in [1.54, 1.807) is 18.3 Å². The minimum atomic E-state index is -0.981. The van der Waals surface area contributed by atoms with E-state index in [-0.39, 0.29) is 31.0 Å². The first-order valence-electron chi connectivity index (χ1n) is 8.92. The summed E-state index contributed by atoms with van der Waals surface area (Å²) in [6.45, 7) is 0.998. The van der Waals surface area contributed by atoms with Gasteiger partial charge in [-0.05, 0) is 17.7 Å². The zero-order chi connectivity index (χ0) is 21.2. The molecule has 0 bridgehead atoms. The number of rotatable bonds is 10. The van der Waals surface area contributed by atoms with Crippen molar-refractivity contribution in [2.24, 2.45) is 0 Å². The van der Waals surface area contributed by atoms with Crippen LogP contribution >= 0.6 is 0 Å². The van der Waals surface area contributed by atoms with Crippen LogP contribution < -0.4 is 16.0 Å². The second-order valence-electron chi connectivity index (χ2n) is 6.43. The smallest absolute Gasteiger partial charge is 0.243 e. The number of nitrogens with one attached hydrogen (secondary N) is 4. The van der Waals surface area contributed by atoms with Crippen LogP contribution in [0.5, 0.6) is 5.75 Å². The minimum absolute atomic E-state index is 0.0741. The van der Waals surface area contributed by atoms with Crippen molar-refractivity contribution in [2.75, 3.05) is 6.54 Å². The molecule has 10 nitrogen and oxygen atoms in total. The molecule has 0 radical (unpaired) electrons. The summed E-state index contributed by atoms with van der Waals surface area (Å²) in [7, 11) is 0. The topological polar surface area (TPSA) is 153 Å². The molecule has 0 unspecified atom stereocenters. The molecule has 0 aliphatic heterocycles. The second kappa shape index (κ2) is 10.6. The Bertz CT molecular complexity index is 835. The predicted molar refractivity (Wildman–Crippen MR) is 103 cm³/mol. The van der Waals surface area contributed by atoms with Gasteiger partial charge in [-0.1, -0.05) is 12.1 Å². The molecule has 1 aromatic heterocycles. The third kappa shape index (κ3) is 7.45. The van der Waals surface area contributed by atoms with E-state index < -0.39 is 23.9 Å². The maximum absolute atomic E-state index is 12.7. The molecule has 10 heteroatoms. The molecule has 0 fully saturated rings. The lowest BCUT2D eigenvalue weighted by atomic mass is 10.0. The number of aromatic amines is 1. The SMILES string of the molecule is CC(=O)NCC(=O)N[C@@H](Cc1ccc(O)cc1)C(=O)N[C@H](C=O)Cc1cnc[nH]1. The maximum Gasteiger partial charge on any atom is 0.243 e. The molecule has 2 atom stereocenters. The van der Waals surface area contributed by atoms with Gasteiger partial charge in [0.1, 0.15) is 18.1 Å². The number of phenolic OH excluding ortho intramolecular Hbond substituents is 1. The number of carbonyl (C=O) groups is 4. The van der Waals surface area contributed by atoms with Crippen molar-refractivity contribution in [1.29, 1.82) is 0 Å². The number of nitrogens with zero attached hydrogens (tertiary/aromatic N) is 1. The standard InChI is InChI=1S/C19H23N5O5/c1-12(26)21-9-18(28)24-17(6-13-2-4-16(27)5-3-13)19(29)23-15(10-25)7-14-8-20-11-22-14/h2-5,8,10-11,15,17,27H,6-7,9H2,1H3,(H,20,22)(H,21,26)(H,23,29)(H,24,28)/t15-,17-/m0/s1. The van der Waals surface area contributed by atoms with Crippen molar-refractivity contribution in [3.63, 3.8) is 0 Å². The quantitative estimate of drug-likeness (QED) is 0.329. The van der Waals surface area contributed by atoms with Gasteiger partial charge in [0.25, 0.3) is 0 Å². The zero-order valence-electron chi connectivity index (χ0n) is 15.8. The van der Waals surface area contributed by atoms with Crippen LogP contribution in [0.3, 0.4) is 0 Å². The number of benzene rings is 1. The summed E-state index contributed by atoms with van der Waals surface area (Å²) in [6.07, 6.45) is 3.98. The summed E-state index contributed by atoms with van der Waals surface area (Å²) >= 11 is 0. The summed E-state index contributed by atoms with van der Waals surface area (Å²) < 4.78 is 0. The summed E-state index contributed by atoms with van der Waals surface area (Å²) in [4.78, 5) is 53.9. The number of hydrogen-bond acceptors (Lipinski definition) is 6. The molecule has 5 N–H and O–H groups in total. The lowest BCUT2D eigenvalue weighted by molar-refractivity contribution is -0.130. The lowest BCUT2D eigenvalue weighted by Gasteiger charge is -2.21. The highest BCUT2D eigenvalue weighted by Gasteiger charge is 2.24. The van der Waals surface area contributed by atoms with Crippen LogP contribution in [0, 0.1) is 0 Å². The van der Waals surface area contributed by atoms with Gasteiger partial charge in [0.2, 0.25) is 17.7 Å². The van der Waals surface area contributed by atoms with Gasteiger partial charge in [0.05, 0.1) is 18.9 Å². The minimum Gasteiger partial charge on any atom is -0.508 e. The predicted octanol–water partition coefficient (Wildman–Crippen LogP) is -0.795. The lowest BCUT2D eigenvalue weighted by Crippen LogP contribution is -2.53. The van der Waals surface area contributed by atoms with Crippen LogP contribution in [0.2, 0.25) is 0 Å². The van der Waals surface area contributed by atoms with E-state index in [2.05, 4.69) is 25.9 Å². The number of carbonyl (C=O) groups excluding carboxylic acids is 4. The van der Waals surface area contributed by atoms with E-state index in [4.69, 9.17) is 0 Å². The summed E-state index contributed by atoms with van der Waals surface area (Å²) in [5.41, 5.74) is 1.37. The van der Waals surface area contributed by atoms with E-state index in [1.807, 2.05) is 0 Å². The van der Waals surface area contributed by atoms with Gasteiger partial charge in [0.15, 0.2) is 0 Å². The Morgan fingerprint density at radius 2 is 1.90 bits per heavy atom. The van der Waals surface area contributed by atoms with E-state index in [9.17, 15) is 24.3 Å². The average Bonchev–Trinajstić information content (AvgIpc) is 3.20. The number of phenols is 1. The molecule has 0 aliphatic rings. The van der Waals surface area contributed by atoms with Crippen LogP contribution in [-0.2, 0) is 32.0 Å². The van der Waals surface area contributed by atoms with Gasteiger partial charge in [-0.15, -0.1) is 0 Å². The largest absolute Gasteiger partial charge is 0.508 e. The molecule has 0 aliphatic carbocycles. The molecule has 1 heterocycles. The van der Waals surface area contributed by atoms with Crippen molar-refractivity contribution in [2.45, 2.75) is 31.8 Å². The van der Waals surface area contributed by atoms with Crippen molar-refractivity contribution in [3.05, 3.63) is 48.0 Å². The highest BCUT2D eigenvalue weighted by molar-refractivity contribution is 5.91. The van der Waals surface area contributed by atoms with Gasteiger partial charge in [-0.2, -0.15) is 0 Å². The Morgan fingerprint density at radius 1 is 1.17 bits per heavy atom. The number of amides is 3. The first-order valence-corrected chi connectivity index (χ1v) is 8.92. The van der Waals surface area contributed by atoms with Gasteiger partial charge < -0.3 is 30.8 Å². The molecule has 154 valence electrons. The molecule has 2 rings (SSSR count). The molecular weight excluding hydrogens is 378 g/mol. The maximum atomic E-state index is 12.7. The van der Waals surface area contributed by atoms with E-state index >= 15 is 0 Å². The van der Waals surface area contributed by atoms with Crippen molar-refractivity contribution in [3.8, 4) is 5.75 Å². The second-order valence-corrected chi connectivity index (χ2v) is 6.43. The zero-order valence-corrected chi connectivity index (χ0v) is 15.8. The Hall–Kier alpha value is -3.69. The number of aromatic hydroxyl groups is 1. The van der Waals surface area contributed by atoms with Crippen LogP contribution in [0.4, 0.5) is 0 Å².